The van der Waals surface area contributed by atoms with E-state index >= 15 is 0 Å². The summed E-state index contributed by atoms with van der Waals surface area (Å²) in [5.41, 5.74) is 7.71. The van der Waals surface area contributed by atoms with E-state index in [0.29, 0.717) is 21.3 Å². The van der Waals surface area contributed by atoms with Crippen molar-refractivity contribution in [3.8, 4) is 11.3 Å². The Morgan fingerprint density at radius 2 is 1.64 bits per heavy atom. The summed E-state index contributed by atoms with van der Waals surface area (Å²) in [7, 11) is 0. The SMILES string of the molecule is Cc1sc(NC(=O)c2ccc(C(N)=O)cc2)nc1-c1ccc(Cl)cc1. The number of nitrogens with zero attached hydrogens (tertiary/aromatic N) is 1. The Bertz CT molecular complexity index is 934. The topological polar surface area (TPSA) is 85.1 Å². The number of benzene rings is 2. The minimum Gasteiger partial charge on any atom is -0.366 e. The van der Waals surface area contributed by atoms with E-state index in [-0.39, 0.29) is 5.91 Å². The van der Waals surface area contributed by atoms with Crippen LogP contribution >= 0.6 is 22.9 Å². The van der Waals surface area contributed by atoms with Gasteiger partial charge in [0.05, 0.1) is 5.69 Å². The minimum absolute atomic E-state index is 0.299. The molecule has 1 aromatic heterocycles. The van der Waals surface area contributed by atoms with Crippen molar-refractivity contribution in [3.05, 3.63) is 69.6 Å². The summed E-state index contributed by atoms with van der Waals surface area (Å²) in [6.45, 7) is 1.94. The molecular weight excluding hydrogens is 358 g/mol. The number of hydrogen-bond acceptors (Lipinski definition) is 4. The molecule has 126 valence electrons. The second kappa shape index (κ2) is 7.04. The maximum atomic E-state index is 12.3. The Morgan fingerprint density at radius 3 is 2.24 bits per heavy atom. The summed E-state index contributed by atoms with van der Waals surface area (Å²) in [4.78, 5) is 28.9. The van der Waals surface area contributed by atoms with E-state index in [0.717, 1.165) is 16.1 Å². The number of hydrogen-bond donors (Lipinski definition) is 2. The normalized spacial score (nSPS) is 10.5. The van der Waals surface area contributed by atoms with E-state index in [1.165, 1.54) is 23.5 Å². The minimum atomic E-state index is -0.532. The highest BCUT2D eigenvalue weighted by molar-refractivity contribution is 7.16. The van der Waals surface area contributed by atoms with Crippen molar-refractivity contribution in [3.63, 3.8) is 0 Å². The molecule has 0 saturated heterocycles. The van der Waals surface area contributed by atoms with Gasteiger partial charge in [-0.1, -0.05) is 23.7 Å². The van der Waals surface area contributed by atoms with E-state index in [2.05, 4.69) is 10.3 Å². The van der Waals surface area contributed by atoms with Crippen LogP contribution < -0.4 is 11.1 Å². The third kappa shape index (κ3) is 3.87. The largest absolute Gasteiger partial charge is 0.366 e. The van der Waals surface area contributed by atoms with E-state index in [1.54, 1.807) is 24.3 Å². The van der Waals surface area contributed by atoms with Crippen LogP contribution in [0.15, 0.2) is 48.5 Å². The molecule has 3 rings (SSSR count). The van der Waals surface area contributed by atoms with Crippen molar-refractivity contribution >= 4 is 39.9 Å². The number of aryl methyl sites for hydroxylation is 1. The van der Waals surface area contributed by atoms with Gasteiger partial charge in [-0.2, -0.15) is 0 Å². The summed E-state index contributed by atoms with van der Waals surface area (Å²) in [5.74, 6) is -0.831. The fourth-order valence-corrected chi connectivity index (χ4v) is 3.24. The zero-order valence-corrected chi connectivity index (χ0v) is 14.8. The number of amides is 2. The third-order valence-electron chi connectivity index (χ3n) is 3.57. The zero-order chi connectivity index (χ0) is 18.0. The van der Waals surface area contributed by atoms with Gasteiger partial charge in [-0.25, -0.2) is 4.98 Å². The number of thiazole rings is 1. The van der Waals surface area contributed by atoms with Crippen molar-refractivity contribution in [2.75, 3.05) is 5.32 Å². The Hall–Kier alpha value is -2.70. The highest BCUT2D eigenvalue weighted by atomic mass is 35.5. The van der Waals surface area contributed by atoms with Gasteiger partial charge in [0.2, 0.25) is 5.91 Å². The summed E-state index contributed by atoms with van der Waals surface area (Å²) < 4.78 is 0. The molecule has 0 unspecified atom stereocenters. The van der Waals surface area contributed by atoms with Crippen LogP contribution in [0.1, 0.15) is 25.6 Å². The molecule has 3 N–H and O–H groups in total. The number of halogens is 1. The van der Waals surface area contributed by atoms with Gasteiger partial charge < -0.3 is 5.73 Å². The predicted molar refractivity (Wildman–Crippen MR) is 100 cm³/mol. The van der Waals surface area contributed by atoms with E-state index in [4.69, 9.17) is 17.3 Å². The van der Waals surface area contributed by atoms with Crippen LogP contribution in [0.5, 0.6) is 0 Å². The molecule has 0 radical (unpaired) electrons. The van der Waals surface area contributed by atoms with Gasteiger partial charge in [-0.05, 0) is 43.3 Å². The van der Waals surface area contributed by atoms with Crippen LogP contribution in [0.4, 0.5) is 5.13 Å². The summed E-state index contributed by atoms with van der Waals surface area (Å²) in [6.07, 6.45) is 0. The predicted octanol–water partition coefficient (Wildman–Crippen LogP) is 4.12. The Balaban J connectivity index is 1.79. The van der Waals surface area contributed by atoms with Crippen molar-refractivity contribution in [1.29, 1.82) is 0 Å². The van der Waals surface area contributed by atoms with Gasteiger partial charge in [0.1, 0.15) is 0 Å². The first-order valence-corrected chi connectivity index (χ1v) is 8.58. The lowest BCUT2D eigenvalue weighted by Gasteiger charge is -2.02. The second-order valence-electron chi connectivity index (χ2n) is 5.33. The lowest BCUT2D eigenvalue weighted by molar-refractivity contribution is 0.0995. The summed E-state index contributed by atoms with van der Waals surface area (Å²) >= 11 is 7.30. The molecule has 0 aliphatic rings. The standard InChI is InChI=1S/C18H14ClN3O2S/c1-10-15(11-6-8-14(19)9-7-11)21-18(25-10)22-17(24)13-4-2-12(3-5-13)16(20)23/h2-9H,1H3,(H2,20,23)(H,21,22,24). The quantitative estimate of drug-likeness (QED) is 0.723. The molecule has 2 aromatic carbocycles. The number of anilines is 1. The lowest BCUT2D eigenvalue weighted by atomic mass is 10.1. The van der Waals surface area contributed by atoms with Gasteiger partial charge in [0, 0.05) is 26.6 Å². The van der Waals surface area contributed by atoms with Crippen LogP contribution in [0.2, 0.25) is 5.02 Å². The van der Waals surface area contributed by atoms with Crippen LogP contribution in [0.3, 0.4) is 0 Å². The molecule has 3 aromatic rings. The molecular formula is C18H14ClN3O2S. The number of rotatable bonds is 4. The maximum Gasteiger partial charge on any atom is 0.257 e. The Labute approximate surface area is 153 Å². The Morgan fingerprint density at radius 1 is 1.04 bits per heavy atom. The first kappa shape index (κ1) is 17.1. The fourth-order valence-electron chi connectivity index (χ4n) is 2.28. The van der Waals surface area contributed by atoms with Crippen molar-refractivity contribution in [2.45, 2.75) is 6.92 Å². The first-order valence-electron chi connectivity index (χ1n) is 7.38. The number of nitrogens with one attached hydrogen (secondary N) is 1. The molecule has 5 nitrogen and oxygen atoms in total. The van der Waals surface area contributed by atoms with Gasteiger partial charge >= 0.3 is 0 Å². The van der Waals surface area contributed by atoms with Crippen LogP contribution in [0.25, 0.3) is 11.3 Å². The number of carbonyl (C=O) groups is 2. The molecule has 7 heteroatoms. The average Bonchev–Trinajstić information content (AvgIpc) is 2.96. The lowest BCUT2D eigenvalue weighted by Crippen LogP contribution is -2.14. The molecule has 0 aliphatic heterocycles. The van der Waals surface area contributed by atoms with Crippen LogP contribution in [-0.4, -0.2) is 16.8 Å². The number of nitrogens with two attached hydrogens (primary N) is 1. The van der Waals surface area contributed by atoms with Crippen molar-refractivity contribution < 1.29 is 9.59 Å². The Kier molecular flexibility index (Phi) is 4.83. The van der Waals surface area contributed by atoms with Crippen LogP contribution in [-0.2, 0) is 0 Å². The number of aromatic nitrogens is 1. The highest BCUT2D eigenvalue weighted by Gasteiger charge is 2.13. The third-order valence-corrected chi connectivity index (χ3v) is 4.70. The van der Waals surface area contributed by atoms with Gasteiger partial charge in [-0.3, -0.25) is 14.9 Å². The fraction of sp³-hybridized carbons (Fsp3) is 0.0556. The monoisotopic (exact) mass is 371 g/mol. The molecule has 0 bridgehead atoms. The van der Waals surface area contributed by atoms with Gasteiger partial charge in [0.25, 0.3) is 5.91 Å². The molecule has 1 heterocycles. The summed E-state index contributed by atoms with van der Waals surface area (Å²) in [6, 6.07) is 13.5. The highest BCUT2D eigenvalue weighted by Crippen LogP contribution is 2.31. The van der Waals surface area contributed by atoms with Gasteiger partial charge in [0.15, 0.2) is 5.13 Å². The van der Waals surface area contributed by atoms with Gasteiger partial charge in [-0.15, -0.1) is 11.3 Å². The number of primary amides is 1. The molecule has 2 amide bonds. The second-order valence-corrected chi connectivity index (χ2v) is 6.97. The zero-order valence-electron chi connectivity index (χ0n) is 13.2. The molecule has 0 spiro atoms. The molecule has 25 heavy (non-hydrogen) atoms. The van der Waals surface area contributed by atoms with Crippen molar-refractivity contribution in [1.82, 2.24) is 4.98 Å². The molecule has 0 fully saturated rings. The molecule has 0 saturated carbocycles. The van der Waals surface area contributed by atoms with E-state index < -0.39 is 5.91 Å². The molecule has 0 atom stereocenters. The van der Waals surface area contributed by atoms with E-state index in [1.807, 2.05) is 19.1 Å². The smallest absolute Gasteiger partial charge is 0.257 e. The maximum absolute atomic E-state index is 12.3. The average molecular weight is 372 g/mol. The summed E-state index contributed by atoms with van der Waals surface area (Å²) in [5, 5.41) is 3.94. The van der Waals surface area contributed by atoms with Crippen LogP contribution in [0, 0.1) is 6.92 Å². The number of carbonyl (C=O) groups excluding carboxylic acids is 2. The molecule has 0 aliphatic carbocycles. The van der Waals surface area contributed by atoms with E-state index in [9.17, 15) is 9.59 Å². The van der Waals surface area contributed by atoms with Crippen molar-refractivity contribution in [2.24, 2.45) is 5.73 Å². The first-order chi connectivity index (χ1) is 11.9.